The molecule has 1 aromatic carbocycles. The topological polar surface area (TPSA) is 21.3 Å². The lowest BCUT2D eigenvalue weighted by Gasteiger charge is -2.30. The second-order valence-electron chi connectivity index (χ2n) is 6.85. The van der Waals surface area contributed by atoms with Gasteiger partial charge in [-0.1, -0.05) is 65.8 Å². The molecule has 0 fully saturated rings. The Morgan fingerprint density at radius 1 is 1.10 bits per heavy atom. The first-order valence-electron chi connectivity index (χ1n) is 7.67. The van der Waals surface area contributed by atoms with Crippen molar-refractivity contribution >= 4 is 0 Å². The first kappa shape index (κ1) is 17.2. The van der Waals surface area contributed by atoms with E-state index in [0.29, 0.717) is 5.92 Å². The van der Waals surface area contributed by atoms with Crippen molar-refractivity contribution in [3.63, 3.8) is 0 Å². The zero-order valence-corrected chi connectivity index (χ0v) is 14.2. The Labute approximate surface area is 124 Å². The standard InChI is InChI=1S/C18H31NO/c1-8-19-16(17(20-7)13(2)3)14-9-11-15(12-10-14)18(4,5)6/h9-13,16-17,19H,8H2,1-7H3. The van der Waals surface area contributed by atoms with E-state index in [1.807, 2.05) is 0 Å². The Bertz CT molecular complexity index is 389. The first-order chi connectivity index (χ1) is 9.31. The highest BCUT2D eigenvalue weighted by atomic mass is 16.5. The van der Waals surface area contributed by atoms with Crippen LogP contribution in [0.4, 0.5) is 0 Å². The molecule has 0 heterocycles. The number of likely N-dealkylation sites (N-methyl/N-ethyl adjacent to an activating group) is 1. The summed E-state index contributed by atoms with van der Waals surface area (Å²) in [6.07, 6.45) is 0.190. The van der Waals surface area contributed by atoms with E-state index in [4.69, 9.17) is 4.74 Å². The highest BCUT2D eigenvalue weighted by molar-refractivity contribution is 5.30. The Kier molecular flexibility index (Phi) is 6.22. The Balaban J connectivity index is 3.03. The molecule has 0 spiro atoms. The number of ether oxygens (including phenoxy) is 1. The summed E-state index contributed by atoms with van der Waals surface area (Å²) < 4.78 is 5.72. The molecule has 2 heteroatoms. The van der Waals surface area contributed by atoms with Crippen LogP contribution in [0.1, 0.15) is 58.7 Å². The monoisotopic (exact) mass is 277 g/mol. The van der Waals surface area contributed by atoms with Crippen molar-refractivity contribution in [3.8, 4) is 0 Å². The van der Waals surface area contributed by atoms with Gasteiger partial charge in [-0.25, -0.2) is 0 Å². The highest BCUT2D eigenvalue weighted by Crippen LogP contribution is 2.27. The normalized spacial score (nSPS) is 15.4. The Morgan fingerprint density at radius 2 is 1.65 bits per heavy atom. The molecule has 1 N–H and O–H groups in total. The molecule has 20 heavy (non-hydrogen) atoms. The van der Waals surface area contributed by atoms with E-state index in [9.17, 15) is 0 Å². The van der Waals surface area contributed by atoms with Crippen LogP contribution < -0.4 is 5.32 Å². The van der Waals surface area contributed by atoms with Crippen molar-refractivity contribution < 1.29 is 4.74 Å². The summed E-state index contributed by atoms with van der Waals surface area (Å²) in [6, 6.07) is 9.21. The quantitative estimate of drug-likeness (QED) is 0.837. The fourth-order valence-electron chi connectivity index (χ4n) is 2.63. The zero-order chi connectivity index (χ0) is 15.3. The van der Waals surface area contributed by atoms with Crippen LogP contribution >= 0.6 is 0 Å². The van der Waals surface area contributed by atoms with Crippen molar-refractivity contribution in [1.29, 1.82) is 0 Å². The number of methoxy groups -OCH3 is 1. The van der Waals surface area contributed by atoms with Crippen molar-refractivity contribution in [2.24, 2.45) is 5.92 Å². The van der Waals surface area contributed by atoms with Crippen LogP contribution in [-0.4, -0.2) is 19.8 Å². The molecule has 2 nitrogen and oxygen atoms in total. The summed E-state index contributed by atoms with van der Waals surface area (Å²) in [5.74, 6) is 0.478. The SMILES string of the molecule is CCNC(c1ccc(C(C)(C)C)cc1)C(OC)C(C)C. The molecule has 0 aliphatic carbocycles. The number of nitrogens with one attached hydrogen (secondary N) is 1. The van der Waals surface area contributed by atoms with E-state index < -0.39 is 0 Å². The third kappa shape index (κ3) is 4.32. The lowest BCUT2D eigenvalue weighted by molar-refractivity contribution is 0.0331. The van der Waals surface area contributed by atoms with Crippen molar-refractivity contribution in [2.45, 2.75) is 59.1 Å². The molecule has 2 atom stereocenters. The maximum Gasteiger partial charge on any atom is 0.0788 e. The summed E-state index contributed by atoms with van der Waals surface area (Å²) in [4.78, 5) is 0. The van der Waals surface area contributed by atoms with Crippen molar-refractivity contribution in [1.82, 2.24) is 5.32 Å². The molecule has 0 saturated heterocycles. The fourth-order valence-corrected chi connectivity index (χ4v) is 2.63. The maximum atomic E-state index is 5.72. The van der Waals surface area contributed by atoms with Gasteiger partial charge in [0.25, 0.3) is 0 Å². The van der Waals surface area contributed by atoms with Gasteiger partial charge in [-0.05, 0) is 29.0 Å². The third-order valence-electron chi connectivity index (χ3n) is 3.82. The molecule has 1 rings (SSSR count). The molecule has 0 radical (unpaired) electrons. The summed E-state index contributed by atoms with van der Waals surface area (Å²) >= 11 is 0. The average molecular weight is 277 g/mol. The minimum Gasteiger partial charge on any atom is -0.379 e. The largest absolute Gasteiger partial charge is 0.379 e. The average Bonchev–Trinajstić information content (AvgIpc) is 2.37. The Morgan fingerprint density at radius 3 is 2.00 bits per heavy atom. The molecule has 0 saturated carbocycles. The van der Waals surface area contributed by atoms with Gasteiger partial charge in [0.05, 0.1) is 12.1 Å². The van der Waals surface area contributed by atoms with Crippen LogP contribution in [0.5, 0.6) is 0 Å². The third-order valence-corrected chi connectivity index (χ3v) is 3.82. The van der Waals surface area contributed by atoms with Crippen LogP contribution in [0.25, 0.3) is 0 Å². The number of rotatable bonds is 6. The predicted octanol–water partition coefficient (Wildman–Crippen LogP) is 4.31. The van der Waals surface area contributed by atoms with Gasteiger partial charge in [-0.2, -0.15) is 0 Å². The lowest BCUT2D eigenvalue weighted by atomic mass is 9.85. The summed E-state index contributed by atoms with van der Waals surface area (Å²) in [5, 5.41) is 3.56. The maximum absolute atomic E-state index is 5.72. The van der Waals surface area contributed by atoms with Crippen molar-refractivity contribution in [3.05, 3.63) is 35.4 Å². The van der Waals surface area contributed by atoms with Crippen molar-refractivity contribution in [2.75, 3.05) is 13.7 Å². The summed E-state index contributed by atoms with van der Waals surface area (Å²) in [5.41, 5.74) is 2.88. The van der Waals surface area contributed by atoms with E-state index in [-0.39, 0.29) is 17.6 Å². The summed E-state index contributed by atoms with van der Waals surface area (Å²) in [7, 11) is 1.80. The van der Waals surface area contributed by atoms with Gasteiger partial charge in [0, 0.05) is 7.11 Å². The molecular weight excluding hydrogens is 246 g/mol. The number of benzene rings is 1. The molecule has 0 aliphatic rings. The predicted molar refractivity (Wildman–Crippen MR) is 87.2 cm³/mol. The van der Waals surface area contributed by atoms with Gasteiger partial charge < -0.3 is 10.1 Å². The molecule has 0 bridgehead atoms. The van der Waals surface area contributed by atoms with Gasteiger partial charge in [-0.3, -0.25) is 0 Å². The highest BCUT2D eigenvalue weighted by Gasteiger charge is 2.25. The molecule has 0 aromatic heterocycles. The summed E-state index contributed by atoms with van der Waals surface area (Å²) in [6.45, 7) is 14.2. The first-order valence-corrected chi connectivity index (χ1v) is 7.67. The van der Waals surface area contributed by atoms with Crippen LogP contribution in [0.3, 0.4) is 0 Å². The second-order valence-corrected chi connectivity index (χ2v) is 6.85. The van der Waals surface area contributed by atoms with Gasteiger partial charge in [-0.15, -0.1) is 0 Å². The van der Waals surface area contributed by atoms with E-state index in [2.05, 4.69) is 71.1 Å². The zero-order valence-electron chi connectivity index (χ0n) is 14.2. The molecule has 0 aliphatic heterocycles. The van der Waals surface area contributed by atoms with Crippen LogP contribution in [0, 0.1) is 5.92 Å². The van der Waals surface area contributed by atoms with Crippen LogP contribution in [0.2, 0.25) is 0 Å². The second kappa shape index (κ2) is 7.24. The van der Waals surface area contributed by atoms with E-state index in [1.165, 1.54) is 11.1 Å². The van der Waals surface area contributed by atoms with Gasteiger partial charge in [0.15, 0.2) is 0 Å². The van der Waals surface area contributed by atoms with Gasteiger partial charge in [0.2, 0.25) is 0 Å². The smallest absolute Gasteiger partial charge is 0.0788 e. The molecule has 0 amide bonds. The molecule has 114 valence electrons. The van der Waals surface area contributed by atoms with Crippen LogP contribution in [-0.2, 0) is 10.2 Å². The lowest BCUT2D eigenvalue weighted by Crippen LogP contribution is -2.36. The fraction of sp³-hybridized carbons (Fsp3) is 0.667. The van der Waals surface area contributed by atoms with Crippen LogP contribution in [0.15, 0.2) is 24.3 Å². The molecule has 2 unspecified atom stereocenters. The molecule has 1 aromatic rings. The van der Waals surface area contributed by atoms with E-state index >= 15 is 0 Å². The minimum atomic E-state index is 0.190. The minimum absolute atomic E-state index is 0.190. The number of hydrogen-bond acceptors (Lipinski definition) is 2. The van der Waals surface area contributed by atoms with E-state index in [0.717, 1.165) is 6.54 Å². The molecular formula is C18H31NO. The Hall–Kier alpha value is -0.860. The van der Waals surface area contributed by atoms with Gasteiger partial charge >= 0.3 is 0 Å². The number of hydrogen-bond donors (Lipinski definition) is 1. The van der Waals surface area contributed by atoms with Gasteiger partial charge in [0.1, 0.15) is 0 Å². The van der Waals surface area contributed by atoms with E-state index in [1.54, 1.807) is 7.11 Å².